The molecule has 0 atom stereocenters. The average molecular weight is 376 g/mol. The first-order chi connectivity index (χ1) is 12.6. The number of hydrogen-bond acceptors (Lipinski definition) is 6. The van der Waals surface area contributed by atoms with Gasteiger partial charge in [-0.1, -0.05) is 12.1 Å². The van der Waals surface area contributed by atoms with Crippen molar-refractivity contribution in [3.63, 3.8) is 0 Å². The normalized spacial score (nSPS) is 10.0. The molecular formula is C18H20N2O5S. The Morgan fingerprint density at radius 1 is 1.12 bits per heavy atom. The zero-order valence-corrected chi connectivity index (χ0v) is 15.1. The maximum Gasteiger partial charge on any atom is 0.325 e. The summed E-state index contributed by atoms with van der Waals surface area (Å²) in [4.78, 5) is 36.4. The van der Waals surface area contributed by atoms with Gasteiger partial charge in [0.05, 0.1) is 7.11 Å². The van der Waals surface area contributed by atoms with E-state index in [1.807, 2.05) is 17.5 Å². The predicted molar refractivity (Wildman–Crippen MR) is 97.3 cm³/mol. The monoisotopic (exact) mass is 376 g/mol. The third kappa shape index (κ3) is 6.56. The van der Waals surface area contributed by atoms with Crippen LogP contribution in [0.15, 0.2) is 41.8 Å². The highest BCUT2D eigenvalue weighted by Crippen LogP contribution is 2.12. The number of ether oxygens (including phenoxy) is 2. The van der Waals surface area contributed by atoms with Crippen LogP contribution in [0.25, 0.3) is 0 Å². The lowest BCUT2D eigenvalue weighted by Gasteiger charge is -2.08. The summed E-state index contributed by atoms with van der Waals surface area (Å²) in [6.45, 7) is -0.222. The van der Waals surface area contributed by atoms with Crippen molar-refractivity contribution in [1.29, 1.82) is 0 Å². The van der Waals surface area contributed by atoms with Gasteiger partial charge in [-0.05, 0) is 36.1 Å². The highest BCUT2D eigenvalue weighted by molar-refractivity contribution is 7.09. The van der Waals surface area contributed by atoms with E-state index in [1.165, 1.54) is 12.0 Å². The minimum atomic E-state index is -0.686. The van der Waals surface area contributed by atoms with Crippen LogP contribution in [-0.2, 0) is 20.7 Å². The standard InChI is InChI=1S/C18H20N2O5S/c1-24-14-5-2-4-13(10-14)18(23)20-11-17(22)25-12-16(21)19-8-7-15-6-3-9-26-15/h2-6,9-10H,7-8,11-12H2,1H3,(H,19,21)(H,20,23). The Labute approximate surface area is 155 Å². The topological polar surface area (TPSA) is 93.7 Å². The lowest BCUT2D eigenvalue weighted by Crippen LogP contribution is -2.34. The Balaban J connectivity index is 1.63. The summed E-state index contributed by atoms with van der Waals surface area (Å²) < 4.78 is 9.87. The van der Waals surface area contributed by atoms with Gasteiger partial charge < -0.3 is 20.1 Å². The zero-order chi connectivity index (χ0) is 18.8. The quantitative estimate of drug-likeness (QED) is 0.645. The van der Waals surface area contributed by atoms with E-state index in [0.29, 0.717) is 17.9 Å². The number of esters is 1. The molecule has 2 amide bonds. The molecule has 2 N–H and O–H groups in total. The predicted octanol–water partition coefficient (Wildman–Crippen LogP) is 1.39. The van der Waals surface area contributed by atoms with Gasteiger partial charge in [-0.3, -0.25) is 14.4 Å². The van der Waals surface area contributed by atoms with Gasteiger partial charge in [0.1, 0.15) is 12.3 Å². The molecule has 138 valence electrons. The molecule has 0 unspecified atom stereocenters. The number of methoxy groups -OCH3 is 1. The molecule has 1 aromatic carbocycles. The first kappa shape index (κ1) is 19.5. The first-order valence-electron chi connectivity index (χ1n) is 7.95. The van der Waals surface area contributed by atoms with Crippen molar-refractivity contribution >= 4 is 29.1 Å². The molecule has 0 saturated carbocycles. The van der Waals surface area contributed by atoms with E-state index in [9.17, 15) is 14.4 Å². The van der Waals surface area contributed by atoms with Crippen LogP contribution < -0.4 is 15.4 Å². The average Bonchev–Trinajstić information content (AvgIpc) is 3.18. The number of carbonyl (C=O) groups excluding carboxylic acids is 3. The number of thiophene rings is 1. The molecule has 2 aromatic rings. The fourth-order valence-corrected chi connectivity index (χ4v) is 2.76. The van der Waals surface area contributed by atoms with Crippen molar-refractivity contribution in [1.82, 2.24) is 10.6 Å². The number of benzene rings is 1. The second-order valence-electron chi connectivity index (χ2n) is 5.25. The van der Waals surface area contributed by atoms with Crippen molar-refractivity contribution in [2.45, 2.75) is 6.42 Å². The summed E-state index contributed by atoms with van der Waals surface area (Å²) in [5.41, 5.74) is 0.364. The number of amides is 2. The number of nitrogens with one attached hydrogen (secondary N) is 2. The van der Waals surface area contributed by atoms with E-state index in [-0.39, 0.29) is 19.1 Å². The lowest BCUT2D eigenvalue weighted by atomic mass is 10.2. The van der Waals surface area contributed by atoms with Crippen LogP contribution in [0.4, 0.5) is 0 Å². The molecule has 0 aliphatic heterocycles. The van der Waals surface area contributed by atoms with Crippen LogP contribution >= 0.6 is 11.3 Å². The van der Waals surface area contributed by atoms with Crippen LogP contribution in [0.3, 0.4) is 0 Å². The van der Waals surface area contributed by atoms with Gasteiger partial charge in [-0.2, -0.15) is 0 Å². The van der Waals surface area contributed by atoms with E-state index in [0.717, 1.165) is 6.42 Å². The lowest BCUT2D eigenvalue weighted by molar-refractivity contribution is -0.147. The Morgan fingerprint density at radius 3 is 2.69 bits per heavy atom. The molecule has 2 rings (SSSR count). The smallest absolute Gasteiger partial charge is 0.325 e. The van der Waals surface area contributed by atoms with Crippen LogP contribution in [0.1, 0.15) is 15.2 Å². The molecule has 0 fully saturated rings. The molecule has 0 spiro atoms. The fraction of sp³-hybridized carbons (Fsp3) is 0.278. The largest absolute Gasteiger partial charge is 0.497 e. The van der Waals surface area contributed by atoms with Gasteiger partial charge in [0.25, 0.3) is 11.8 Å². The molecule has 0 aliphatic rings. The molecule has 26 heavy (non-hydrogen) atoms. The van der Waals surface area contributed by atoms with Crippen LogP contribution in [0.5, 0.6) is 5.75 Å². The molecule has 1 aromatic heterocycles. The third-order valence-corrected chi connectivity index (χ3v) is 4.30. The number of carbonyl (C=O) groups is 3. The fourth-order valence-electron chi connectivity index (χ4n) is 2.05. The highest BCUT2D eigenvalue weighted by atomic mass is 32.1. The van der Waals surface area contributed by atoms with E-state index in [4.69, 9.17) is 9.47 Å². The third-order valence-electron chi connectivity index (χ3n) is 3.36. The summed E-state index contributed by atoms with van der Waals surface area (Å²) in [6.07, 6.45) is 0.730. The molecule has 1 heterocycles. The van der Waals surface area contributed by atoms with Gasteiger partial charge in [0.2, 0.25) is 0 Å². The Morgan fingerprint density at radius 2 is 1.96 bits per heavy atom. The van der Waals surface area contributed by atoms with Crippen molar-refractivity contribution < 1.29 is 23.9 Å². The summed E-state index contributed by atoms with van der Waals surface area (Å²) in [5.74, 6) is -0.954. The maximum absolute atomic E-state index is 12.0. The molecule has 0 bridgehead atoms. The van der Waals surface area contributed by atoms with Gasteiger partial charge >= 0.3 is 5.97 Å². The molecule has 8 heteroatoms. The van der Waals surface area contributed by atoms with E-state index in [2.05, 4.69) is 10.6 Å². The SMILES string of the molecule is COc1cccc(C(=O)NCC(=O)OCC(=O)NCCc2cccs2)c1. The van der Waals surface area contributed by atoms with Gasteiger partial charge in [-0.25, -0.2) is 0 Å². The van der Waals surface area contributed by atoms with E-state index in [1.54, 1.807) is 35.6 Å². The second kappa shape index (κ2) is 10.2. The number of hydrogen-bond donors (Lipinski definition) is 2. The summed E-state index contributed by atoms with van der Waals surface area (Å²) >= 11 is 1.62. The Bertz CT molecular complexity index is 746. The molecule has 7 nitrogen and oxygen atoms in total. The van der Waals surface area contributed by atoms with Crippen LogP contribution in [0.2, 0.25) is 0 Å². The number of rotatable bonds is 9. The maximum atomic E-state index is 12.0. The van der Waals surface area contributed by atoms with Crippen molar-refractivity contribution in [2.75, 3.05) is 26.8 Å². The van der Waals surface area contributed by atoms with E-state index >= 15 is 0 Å². The molecule has 0 aliphatic carbocycles. The van der Waals surface area contributed by atoms with Crippen molar-refractivity contribution in [3.8, 4) is 5.75 Å². The van der Waals surface area contributed by atoms with Crippen molar-refractivity contribution in [2.24, 2.45) is 0 Å². The highest BCUT2D eigenvalue weighted by Gasteiger charge is 2.11. The zero-order valence-electron chi connectivity index (χ0n) is 14.3. The first-order valence-corrected chi connectivity index (χ1v) is 8.83. The van der Waals surface area contributed by atoms with Gasteiger partial charge in [0.15, 0.2) is 6.61 Å². The minimum Gasteiger partial charge on any atom is -0.497 e. The Kier molecular flexibility index (Phi) is 7.63. The van der Waals surface area contributed by atoms with E-state index < -0.39 is 11.9 Å². The molecule has 0 radical (unpaired) electrons. The molecule has 0 saturated heterocycles. The van der Waals surface area contributed by atoms with Gasteiger partial charge in [-0.15, -0.1) is 11.3 Å². The van der Waals surface area contributed by atoms with Crippen molar-refractivity contribution in [3.05, 3.63) is 52.2 Å². The molecular weight excluding hydrogens is 356 g/mol. The summed E-state index contributed by atoms with van der Waals surface area (Å²) in [7, 11) is 1.50. The minimum absolute atomic E-state index is 0.321. The van der Waals surface area contributed by atoms with Gasteiger partial charge in [0, 0.05) is 17.0 Å². The Hall–Kier alpha value is -2.87. The van der Waals surface area contributed by atoms with Crippen LogP contribution in [-0.4, -0.2) is 44.6 Å². The second-order valence-corrected chi connectivity index (χ2v) is 6.29. The van der Waals surface area contributed by atoms with Crippen LogP contribution in [0, 0.1) is 0 Å². The summed E-state index contributed by atoms with van der Waals surface area (Å²) in [6, 6.07) is 10.5. The summed E-state index contributed by atoms with van der Waals surface area (Å²) in [5, 5.41) is 7.08.